The zero-order valence-corrected chi connectivity index (χ0v) is 10.9. The van der Waals surface area contributed by atoms with Gasteiger partial charge in [0.15, 0.2) is 0 Å². The van der Waals surface area contributed by atoms with Crippen LogP contribution in [0.15, 0.2) is 42.5 Å². The minimum atomic E-state index is -2.92. The summed E-state index contributed by atoms with van der Waals surface area (Å²) in [5, 5.41) is 0.305. The Bertz CT molecular complexity index is 607. The molecule has 0 spiro atoms. The number of nitrogens with two attached hydrogens (primary N) is 1. The van der Waals surface area contributed by atoms with Gasteiger partial charge in [-0.15, -0.1) is 0 Å². The normalized spacial score (nSPS) is 12.5. The first-order valence-electron chi connectivity index (χ1n) is 5.72. The summed E-state index contributed by atoms with van der Waals surface area (Å²) in [6, 6.07) is 9.01. The molecule has 0 heterocycles. The molecule has 0 radical (unpaired) electrons. The Balaban J connectivity index is 2.33. The average Bonchev–Trinajstić information content (AvgIpc) is 2.40. The Labute approximate surface area is 118 Å². The molecule has 0 aliphatic carbocycles. The molecule has 0 saturated heterocycles. The predicted molar refractivity (Wildman–Crippen MR) is 70.5 cm³/mol. The van der Waals surface area contributed by atoms with Crippen LogP contribution in [-0.2, 0) is 0 Å². The number of alkyl halides is 2. The Morgan fingerprint density at radius 2 is 1.85 bits per heavy atom. The monoisotopic (exact) mass is 301 g/mol. The Morgan fingerprint density at radius 1 is 1.10 bits per heavy atom. The van der Waals surface area contributed by atoms with E-state index in [1.807, 2.05) is 0 Å². The molecule has 2 nitrogen and oxygen atoms in total. The van der Waals surface area contributed by atoms with E-state index in [9.17, 15) is 13.2 Å². The highest BCUT2D eigenvalue weighted by Crippen LogP contribution is 2.29. The van der Waals surface area contributed by atoms with Gasteiger partial charge in [0, 0.05) is 5.02 Å². The van der Waals surface area contributed by atoms with E-state index < -0.39 is 18.5 Å². The third-order valence-corrected chi connectivity index (χ3v) is 3.08. The lowest BCUT2D eigenvalue weighted by Crippen LogP contribution is -2.13. The highest BCUT2D eigenvalue weighted by molar-refractivity contribution is 6.31. The summed E-state index contributed by atoms with van der Waals surface area (Å²) < 4.78 is 41.9. The summed E-state index contributed by atoms with van der Waals surface area (Å²) in [7, 11) is 0. The first-order chi connectivity index (χ1) is 9.47. The van der Waals surface area contributed by atoms with Crippen molar-refractivity contribution in [2.24, 2.45) is 5.73 Å². The number of ether oxygens (including phenoxy) is 1. The predicted octanol–water partition coefficient (Wildman–Crippen LogP) is 4.13. The molecule has 6 heteroatoms. The summed E-state index contributed by atoms with van der Waals surface area (Å²) in [5.74, 6) is -0.486. The molecule has 0 aliphatic heterocycles. The largest absolute Gasteiger partial charge is 0.435 e. The van der Waals surface area contributed by atoms with Crippen LogP contribution in [0.4, 0.5) is 13.2 Å². The lowest BCUT2D eigenvalue weighted by Gasteiger charge is -2.15. The molecule has 2 aromatic carbocycles. The van der Waals surface area contributed by atoms with Crippen LogP contribution in [-0.4, -0.2) is 6.61 Å². The molecule has 0 aromatic heterocycles. The standard InChI is InChI=1S/C14H11ClF3NO/c15-12-5-4-9(16)7-11(12)13(19)8-2-1-3-10(6-8)20-14(17)18/h1-7,13-14H,19H2. The third kappa shape index (κ3) is 3.43. The number of rotatable bonds is 4. The van der Waals surface area contributed by atoms with Gasteiger partial charge in [-0.05, 0) is 41.5 Å². The fourth-order valence-electron chi connectivity index (χ4n) is 1.82. The molecular formula is C14H11ClF3NO. The van der Waals surface area contributed by atoms with Crippen molar-refractivity contribution in [2.45, 2.75) is 12.7 Å². The first-order valence-corrected chi connectivity index (χ1v) is 6.10. The van der Waals surface area contributed by atoms with Crippen molar-refractivity contribution < 1.29 is 17.9 Å². The van der Waals surface area contributed by atoms with Gasteiger partial charge in [0.05, 0.1) is 6.04 Å². The maximum atomic E-state index is 13.2. The van der Waals surface area contributed by atoms with Crippen molar-refractivity contribution in [1.29, 1.82) is 0 Å². The zero-order chi connectivity index (χ0) is 14.7. The van der Waals surface area contributed by atoms with Gasteiger partial charge in [0.25, 0.3) is 0 Å². The van der Waals surface area contributed by atoms with Gasteiger partial charge < -0.3 is 10.5 Å². The number of benzene rings is 2. The molecular weight excluding hydrogens is 291 g/mol. The Morgan fingerprint density at radius 3 is 2.55 bits per heavy atom. The second kappa shape index (κ2) is 6.15. The minimum absolute atomic E-state index is 0.0134. The molecule has 0 aliphatic rings. The molecule has 0 bridgehead atoms. The van der Waals surface area contributed by atoms with Gasteiger partial charge in [-0.1, -0.05) is 23.7 Å². The van der Waals surface area contributed by atoms with E-state index in [1.54, 1.807) is 6.07 Å². The van der Waals surface area contributed by atoms with Gasteiger partial charge in [-0.3, -0.25) is 0 Å². The van der Waals surface area contributed by atoms with Crippen LogP contribution in [0.2, 0.25) is 5.02 Å². The van der Waals surface area contributed by atoms with E-state index in [-0.39, 0.29) is 5.75 Å². The van der Waals surface area contributed by atoms with Crippen LogP contribution >= 0.6 is 11.6 Å². The van der Waals surface area contributed by atoms with Crippen molar-refractivity contribution in [3.05, 3.63) is 64.4 Å². The summed E-state index contributed by atoms with van der Waals surface area (Å²) in [5.41, 5.74) is 6.86. The molecule has 0 saturated carbocycles. The van der Waals surface area contributed by atoms with Crippen LogP contribution in [0.5, 0.6) is 5.75 Å². The smallest absolute Gasteiger partial charge is 0.387 e. The highest BCUT2D eigenvalue weighted by atomic mass is 35.5. The number of hydrogen-bond acceptors (Lipinski definition) is 2. The van der Waals surface area contributed by atoms with E-state index in [1.165, 1.54) is 36.4 Å². The van der Waals surface area contributed by atoms with Gasteiger partial charge in [-0.2, -0.15) is 8.78 Å². The SMILES string of the molecule is NC(c1cccc(OC(F)F)c1)c1cc(F)ccc1Cl. The van der Waals surface area contributed by atoms with Crippen LogP contribution in [0.25, 0.3) is 0 Å². The van der Waals surface area contributed by atoms with Crippen molar-refractivity contribution in [3.8, 4) is 5.75 Å². The molecule has 1 unspecified atom stereocenters. The molecule has 20 heavy (non-hydrogen) atoms. The van der Waals surface area contributed by atoms with Crippen molar-refractivity contribution in [3.63, 3.8) is 0 Å². The highest BCUT2D eigenvalue weighted by Gasteiger charge is 2.15. The van der Waals surface area contributed by atoms with Crippen molar-refractivity contribution in [2.75, 3.05) is 0 Å². The second-order valence-electron chi connectivity index (χ2n) is 4.09. The van der Waals surface area contributed by atoms with Crippen molar-refractivity contribution in [1.82, 2.24) is 0 Å². The number of hydrogen-bond donors (Lipinski definition) is 1. The molecule has 2 rings (SSSR count). The number of halogens is 4. The molecule has 0 amide bonds. The average molecular weight is 302 g/mol. The van der Waals surface area contributed by atoms with Gasteiger partial charge in [0.2, 0.25) is 0 Å². The topological polar surface area (TPSA) is 35.2 Å². The van der Waals surface area contributed by atoms with E-state index >= 15 is 0 Å². The molecule has 106 valence electrons. The van der Waals surface area contributed by atoms with Crippen LogP contribution < -0.4 is 10.5 Å². The first kappa shape index (κ1) is 14.7. The lowest BCUT2D eigenvalue weighted by atomic mass is 9.99. The van der Waals surface area contributed by atoms with Crippen LogP contribution in [0.3, 0.4) is 0 Å². The third-order valence-electron chi connectivity index (χ3n) is 2.74. The summed E-state index contributed by atoms with van der Waals surface area (Å²) in [4.78, 5) is 0. The second-order valence-corrected chi connectivity index (χ2v) is 4.50. The van der Waals surface area contributed by atoms with Gasteiger partial charge >= 0.3 is 6.61 Å². The van der Waals surface area contributed by atoms with E-state index in [0.717, 1.165) is 0 Å². The van der Waals surface area contributed by atoms with E-state index in [2.05, 4.69) is 4.74 Å². The zero-order valence-electron chi connectivity index (χ0n) is 10.2. The Hall–Kier alpha value is -1.72. The molecule has 0 fully saturated rings. The molecule has 2 aromatic rings. The lowest BCUT2D eigenvalue weighted by molar-refractivity contribution is -0.0498. The maximum Gasteiger partial charge on any atom is 0.387 e. The van der Waals surface area contributed by atoms with Gasteiger partial charge in [-0.25, -0.2) is 4.39 Å². The van der Waals surface area contributed by atoms with Crippen molar-refractivity contribution >= 4 is 11.6 Å². The summed E-state index contributed by atoms with van der Waals surface area (Å²) >= 11 is 5.97. The molecule has 1 atom stereocenters. The fraction of sp³-hybridized carbons (Fsp3) is 0.143. The van der Waals surface area contributed by atoms with Crippen LogP contribution in [0, 0.1) is 5.82 Å². The minimum Gasteiger partial charge on any atom is -0.435 e. The summed E-state index contributed by atoms with van der Waals surface area (Å²) in [6.45, 7) is -2.92. The van der Waals surface area contributed by atoms with Gasteiger partial charge in [0.1, 0.15) is 11.6 Å². The van der Waals surface area contributed by atoms with E-state index in [0.29, 0.717) is 16.1 Å². The fourth-order valence-corrected chi connectivity index (χ4v) is 2.05. The summed E-state index contributed by atoms with van der Waals surface area (Å²) in [6.07, 6.45) is 0. The van der Waals surface area contributed by atoms with Crippen LogP contribution in [0.1, 0.15) is 17.2 Å². The maximum absolute atomic E-state index is 13.2. The van der Waals surface area contributed by atoms with E-state index in [4.69, 9.17) is 17.3 Å². The molecule has 2 N–H and O–H groups in total. The Kier molecular flexibility index (Phi) is 4.52. The quantitative estimate of drug-likeness (QED) is 0.921.